The van der Waals surface area contributed by atoms with E-state index in [1.807, 2.05) is 50.2 Å². The average molecular weight is 380 g/mol. The highest BCUT2D eigenvalue weighted by atomic mass is 32.2. The van der Waals surface area contributed by atoms with E-state index < -0.39 is 16.1 Å². The van der Waals surface area contributed by atoms with Crippen LogP contribution in [0.5, 0.6) is 0 Å². The molecule has 1 atom stereocenters. The summed E-state index contributed by atoms with van der Waals surface area (Å²) in [6.07, 6.45) is 0. The fraction of sp³-hybridized carbons (Fsp3) is 0.190. The zero-order valence-electron chi connectivity index (χ0n) is 15.4. The van der Waals surface area contributed by atoms with E-state index in [2.05, 4.69) is 5.32 Å². The molecule has 1 aliphatic heterocycles. The Balaban J connectivity index is 1.74. The van der Waals surface area contributed by atoms with Crippen molar-refractivity contribution in [2.45, 2.75) is 31.7 Å². The fourth-order valence-corrected chi connectivity index (χ4v) is 5.42. The molecule has 0 saturated heterocycles. The Hall–Kier alpha value is -2.86. The van der Waals surface area contributed by atoms with E-state index in [1.54, 1.807) is 25.1 Å². The van der Waals surface area contributed by atoms with Crippen molar-refractivity contribution in [1.82, 2.24) is 0 Å². The normalized spacial score (nSPS) is 15.7. The number of aryl methyl sites for hydroxylation is 2. The van der Waals surface area contributed by atoms with Gasteiger partial charge in [-0.15, -0.1) is 0 Å². The summed E-state index contributed by atoms with van der Waals surface area (Å²) < 4.78 is 27.5. The molecule has 0 fully saturated rings. The predicted octanol–water partition coefficient (Wildman–Crippen LogP) is 3.99. The lowest BCUT2D eigenvalue weighted by Crippen LogP contribution is -2.44. The van der Waals surface area contributed by atoms with E-state index in [1.165, 1.54) is 4.31 Å². The molecule has 3 aromatic rings. The molecule has 0 bridgehead atoms. The lowest BCUT2D eigenvalue weighted by molar-refractivity contribution is -0.116. The second-order valence-electron chi connectivity index (χ2n) is 6.92. The average Bonchev–Trinajstić information content (AvgIpc) is 2.86. The number of carbonyl (C=O) groups excluding carboxylic acids is 1. The summed E-state index contributed by atoms with van der Waals surface area (Å²) in [5, 5.41) is 4.40. The van der Waals surface area contributed by atoms with Crippen LogP contribution in [0.3, 0.4) is 0 Å². The first kappa shape index (κ1) is 17.5. The summed E-state index contributed by atoms with van der Waals surface area (Å²) in [4.78, 5) is 13.2. The van der Waals surface area contributed by atoms with Gasteiger partial charge >= 0.3 is 0 Å². The molecule has 138 valence electrons. The molecule has 1 amide bonds. The number of hydrogen-bond donors (Lipinski definition) is 1. The summed E-state index contributed by atoms with van der Waals surface area (Å²) in [6, 6.07) is 15.5. The maximum atomic E-state index is 13.1. The van der Waals surface area contributed by atoms with Gasteiger partial charge in [0.25, 0.3) is 10.0 Å². The molecule has 0 unspecified atom stereocenters. The van der Waals surface area contributed by atoms with Crippen molar-refractivity contribution in [2.75, 3.05) is 9.62 Å². The Bertz CT molecular complexity index is 1180. The predicted molar refractivity (Wildman–Crippen MR) is 108 cm³/mol. The Kier molecular flexibility index (Phi) is 3.96. The van der Waals surface area contributed by atoms with Crippen molar-refractivity contribution >= 4 is 38.1 Å². The van der Waals surface area contributed by atoms with Crippen molar-refractivity contribution in [3.8, 4) is 0 Å². The van der Waals surface area contributed by atoms with Crippen LogP contribution in [-0.2, 0) is 14.8 Å². The van der Waals surface area contributed by atoms with Crippen LogP contribution in [0.4, 0.5) is 11.4 Å². The highest BCUT2D eigenvalue weighted by molar-refractivity contribution is 7.93. The molecule has 1 heterocycles. The van der Waals surface area contributed by atoms with Gasteiger partial charge in [-0.05, 0) is 55.5 Å². The second-order valence-corrected chi connectivity index (χ2v) is 8.70. The smallest absolute Gasteiger partial charge is 0.265 e. The lowest BCUT2D eigenvalue weighted by atomic mass is 10.1. The summed E-state index contributed by atoms with van der Waals surface area (Å²) in [7, 11) is -3.78. The molecule has 3 aromatic carbocycles. The molecule has 1 N–H and O–H groups in total. The van der Waals surface area contributed by atoms with Crippen LogP contribution in [0.25, 0.3) is 10.8 Å². The number of benzene rings is 3. The van der Waals surface area contributed by atoms with Crippen LogP contribution in [0.15, 0.2) is 59.5 Å². The summed E-state index contributed by atoms with van der Waals surface area (Å²) in [5.74, 6) is -0.364. The zero-order valence-corrected chi connectivity index (χ0v) is 16.2. The summed E-state index contributed by atoms with van der Waals surface area (Å²) in [5.41, 5.74) is 3.19. The van der Waals surface area contributed by atoms with E-state index in [4.69, 9.17) is 0 Å². The number of anilines is 2. The minimum atomic E-state index is -3.78. The topological polar surface area (TPSA) is 66.5 Å². The van der Waals surface area contributed by atoms with Gasteiger partial charge in [-0.2, -0.15) is 0 Å². The Morgan fingerprint density at radius 2 is 1.74 bits per heavy atom. The standard InChI is InChI=1S/C21H20N2O3S/c1-13-10-11-14(2)17(12-13)22-21(24)15(3)23-18-8-4-6-16-7-5-9-19(20(16)18)27(23,25)26/h4-12,15H,1-3H3,(H,22,24)/t15-/m1/s1. The van der Waals surface area contributed by atoms with Crippen molar-refractivity contribution in [3.63, 3.8) is 0 Å². The summed E-state index contributed by atoms with van der Waals surface area (Å²) >= 11 is 0. The highest BCUT2D eigenvalue weighted by Crippen LogP contribution is 2.43. The highest BCUT2D eigenvalue weighted by Gasteiger charge is 2.40. The third kappa shape index (κ3) is 2.68. The molecule has 0 aliphatic carbocycles. The van der Waals surface area contributed by atoms with Gasteiger partial charge in [0.2, 0.25) is 5.91 Å². The SMILES string of the molecule is Cc1ccc(C)c(NC(=O)[C@@H](C)N2c3cccc4cccc(c34)S2(=O)=O)c1. The number of carbonyl (C=O) groups is 1. The van der Waals surface area contributed by atoms with Gasteiger partial charge in [0.05, 0.1) is 10.6 Å². The van der Waals surface area contributed by atoms with E-state index >= 15 is 0 Å². The van der Waals surface area contributed by atoms with Crippen LogP contribution in [0.2, 0.25) is 0 Å². The third-order valence-electron chi connectivity index (χ3n) is 5.00. The fourth-order valence-electron chi connectivity index (χ4n) is 3.55. The Labute approximate surface area is 158 Å². The molecule has 1 aliphatic rings. The van der Waals surface area contributed by atoms with Crippen molar-refractivity contribution < 1.29 is 13.2 Å². The molecule has 5 nitrogen and oxygen atoms in total. The minimum absolute atomic E-state index is 0.252. The third-order valence-corrected chi connectivity index (χ3v) is 6.93. The van der Waals surface area contributed by atoms with E-state index in [9.17, 15) is 13.2 Å². The quantitative estimate of drug-likeness (QED) is 0.747. The number of amides is 1. The molecular weight excluding hydrogens is 360 g/mol. The number of nitrogens with one attached hydrogen (secondary N) is 1. The van der Waals surface area contributed by atoms with E-state index in [0.717, 1.165) is 16.5 Å². The molecule has 0 radical (unpaired) electrons. The van der Waals surface area contributed by atoms with Crippen molar-refractivity contribution in [1.29, 1.82) is 0 Å². The van der Waals surface area contributed by atoms with Crippen LogP contribution >= 0.6 is 0 Å². The Morgan fingerprint density at radius 1 is 1.04 bits per heavy atom. The molecule has 27 heavy (non-hydrogen) atoms. The molecule has 6 heteroatoms. The van der Waals surface area contributed by atoms with E-state index in [0.29, 0.717) is 16.8 Å². The van der Waals surface area contributed by atoms with Crippen LogP contribution < -0.4 is 9.62 Å². The first-order chi connectivity index (χ1) is 12.8. The van der Waals surface area contributed by atoms with Crippen LogP contribution in [0.1, 0.15) is 18.1 Å². The van der Waals surface area contributed by atoms with E-state index in [-0.39, 0.29) is 10.8 Å². The van der Waals surface area contributed by atoms with Crippen LogP contribution in [-0.4, -0.2) is 20.4 Å². The second kappa shape index (κ2) is 6.09. The minimum Gasteiger partial charge on any atom is -0.324 e. The number of nitrogens with zero attached hydrogens (tertiary/aromatic N) is 1. The molecule has 4 rings (SSSR count). The first-order valence-corrected chi connectivity index (χ1v) is 10.2. The number of rotatable bonds is 3. The van der Waals surface area contributed by atoms with Crippen LogP contribution in [0, 0.1) is 13.8 Å². The van der Waals surface area contributed by atoms with Gasteiger partial charge in [-0.1, -0.05) is 36.4 Å². The van der Waals surface area contributed by atoms with Gasteiger partial charge in [0.1, 0.15) is 6.04 Å². The lowest BCUT2D eigenvalue weighted by Gasteiger charge is -2.25. The zero-order chi connectivity index (χ0) is 19.3. The molecule has 0 aromatic heterocycles. The first-order valence-electron chi connectivity index (χ1n) is 8.75. The maximum Gasteiger partial charge on any atom is 0.265 e. The molecular formula is C21H20N2O3S. The van der Waals surface area contributed by atoms with Crippen molar-refractivity contribution in [3.05, 3.63) is 65.7 Å². The maximum absolute atomic E-state index is 13.1. The van der Waals surface area contributed by atoms with Gasteiger partial charge < -0.3 is 5.32 Å². The largest absolute Gasteiger partial charge is 0.324 e. The Morgan fingerprint density at radius 3 is 2.48 bits per heavy atom. The van der Waals surface area contributed by atoms with Crippen molar-refractivity contribution in [2.24, 2.45) is 0 Å². The molecule has 0 spiro atoms. The van der Waals surface area contributed by atoms with Gasteiger partial charge in [-0.25, -0.2) is 8.42 Å². The molecule has 0 saturated carbocycles. The van der Waals surface area contributed by atoms with Gasteiger partial charge in [0.15, 0.2) is 0 Å². The number of hydrogen-bond acceptors (Lipinski definition) is 3. The number of sulfonamides is 1. The van der Waals surface area contributed by atoms with Gasteiger partial charge in [-0.3, -0.25) is 9.10 Å². The summed E-state index contributed by atoms with van der Waals surface area (Å²) in [6.45, 7) is 5.46. The van der Waals surface area contributed by atoms with Gasteiger partial charge in [0, 0.05) is 11.1 Å². The monoisotopic (exact) mass is 380 g/mol.